The summed E-state index contributed by atoms with van der Waals surface area (Å²) in [4.78, 5) is 28.0. The quantitative estimate of drug-likeness (QED) is 0.398. The molecule has 0 unspecified atom stereocenters. The van der Waals surface area contributed by atoms with Crippen molar-refractivity contribution in [3.8, 4) is 0 Å². The van der Waals surface area contributed by atoms with Gasteiger partial charge >= 0.3 is 0 Å². The minimum Gasteiger partial charge on any atom is -0.352 e. The third kappa shape index (κ3) is 8.35. The lowest BCUT2D eigenvalue weighted by Gasteiger charge is -2.30. The third-order valence-electron chi connectivity index (χ3n) is 6.68. The number of aryl methyl sites for hydroxylation is 1. The number of anilines is 1. The fourth-order valence-electron chi connectivity index (χ4n) is 4.52. The van der Waals surface area contributed by atoms with Gasteiger partial charge in [-0.15, -0.1) is 0 Å². The Kier molecular flexibility index (Phi) is 10.3. The molecule has 1 aliphatic rings. The van der Waals surface area contributed by atoms with Crippen molar-refractivity contribution in [2.75, 3.05) is 17.1 Å². The Bertz CT molecular complexity index is 1200. The van der Waals surface area contributed by atoms with Gasteiger partial charge in [0, 0.05) is 25.6 Å². The van der Waals surface area contributed by atoms with E-state index in [1.807, 2.05) is 19.1 Å². The average molecular weight is 569 g/mol. The molecule has 2 aromatic rings. The molecule has 7 nitrogen and oxygen atoms in total. The number of carbonyl (C=O) groups is 2. The SMILES string of the molecule is Cc1ccc(N(CCCC(=O)N(Cc2ccc(Cl)c(Cl)c2)[C@H](C)C(=O)NC2CCCC2)S(C)(=O)=O)cc1. The first kappa shape index (κ1) is 29.3. The number of benzene rings is 2. The van der Waals surface area contributed by atoms with Crippen LogP contribution in [0.3, 0.4) is 0 Å². The molecule has 1 N–H and O–H groups in total. The van der Waals surface area contributed by atoms with Gasteiger partial charge in [-0.25, -0.2) is 8.42 Å². The average Bonchev–Trinajstić information content (AvgIpc) is 3.35. The molecule has 0 aliphatic heterocycles. The maximum Gasteiger partial charge on any atom is 0.242 e. The summed E-state index contributed by atoms with van der Waals surface area (Å²) in [5.74, 6) is -0.435. The maximum atomic E-state index is 13.4. The Labute approximate surface area is 230 Å². The molecular weight excluding hydrogens is 533 g/mol. The van der Waals surface area contributed by atoms with Crippen molar-refractivity contribution in [3.05, 3.63) is 63.6 Å². The Balaban J connectivity index is 1.73. The second-order valence-corrected chi connectivity index (χ2v) is 12.4. The Morgan fingerprint density at radius 2 is 1.70 bits per heavy atom. The highest BCUT2D eigenvalue weighted by molar-refractivity contribution is 7.92. The zero-order chi connectivity index (χ0) is 27.2. The van der Waals surface area contributed by atoms with E-state index in [0.29, 0.717) is 22.2 Å². The van der Waals surface area contributed by atoms with Gasteiger partial charge in [-0.1, -0.05) is 59.8 Å². The van der Waals surface area contributed by atoms with Gasteiger partial charge in [0.1, 0.15) is 6.04 Å². The highest BCUT2D eigenvalue weighted by Gasteiger charge is 2.29. The van der Waals surface area contributed by atoms with E-state index in [2.05, 4.69) is 5.32 Å². The number of nitrogens with zero attached hydrogens (tertiary/aromatic N) is 2. The van der Waals surface area contributed by atoms with Crippen LogP contribution in [0.25, 0.3) is 0 Å². The van der Waals surface area contributed by atoms with Gasteiger partial charge in [-0.2, -0.15) is 0 Å². The number of amides is 2. The summed E-state index contributed by atoms with van der Waals surface area (Å²) in [7, 11) is -3.53. The van der Waals surface area contributed by atoms with Gasteiger partial charge in [0.15, 0.2) is 0 Å². The van der Waals surface area contributed by atoms with Crippen LogP contribution in [0.5, 0.6) is 0 Å². The van der Waals surface area contributed by atoms with E-state index in [1.54, 1.807) is 37.3 Å². The van der Waals surface area contributed by atoms with Crippen molar-refractivity contribution in [2.45, 2.75) is 71.0 Å². The first-order valence-corrected chi connectivity index (χ1v) is 15.1. The van der Waals surface area contributed by atoms with Crippen LogP contribution in [0.15, 0.2) is 42.5 Å². The zero-order valence-corrected chi connectivity index (χ0v) is 23.9. The Hall–Kier alpha value is -2.29. The Morgan fingerprint density at radius 1 is 1.05 bits per heavy atom. The molecule has 0 radical (unpaired) electrons. The van der Waals surface area contributed by atoms with Crippen molar-refractivity contribution in [1.29, 1.82) is 0 Å². The molecule has 3 rings (SSSR count). The van der Waals surface area contributed by atoms with Gasteiger partial charge in [-0.3, -0.25) is 13.9 Å². The van der Waals surface area contributed by atoms with Gasteiger partial charge < -0.3 is 10.2 Å². The fraction of sp³-hybridized carbons (Fsp3) is 0.481. The van der Waals surface area contributed by atoms with Crippen LogP contribution in [0, 0.1) is 6.92 Å². The van der Waals surface area contributed by atoms with E-state index in [4.69, 9.17) is 23.2 Å². The summed E-state index contributed by atoms with van der Waals surface area (Å²) in [5.41, 5.74) is 2.33. The summed E-state index contributed by atoms with van der Waals surface area (Å²) in [6.07, 6.45) is 5.60. The Morgan fingerprint density at radius 3 is 2.30 bits per heavy atom. The van der Waals surface area contributed by atoms with Crippen molar-refractivity contribution in [1.82, 2.24) is 10.2 Å². The number of sulfonamides is 1. The van der Waals surface area contributed by atoms with E-state index >= 15 is 0 Å². The first-order chi connectivity index (χ1) is 17.5. The van der Waals surface area contributed by atoms with E-state index in [0.717, 1.165) is 43.1 Å². The smallest absolute Gasteiger partial charge is 0.242 e. The van der Waals surface area contributed by atoms with Crippen molar-refractivity contribution in [2.24, 2.45) is 0 Å². The molecule has 202 valence electrons. The van der Waals surface area contributed by atoms with Gasteiger partial charge in [0.05, 0.1) is 22.0 Å². The summed E-state index contributed by atoms with van der Waals surface area (Å²) in [5, 5.41) is 3.85. The monoisotopic (exact) mass is 567 g/mol. The van der Waals surface area contributed by atoms with Crippen LogP contribution >= 0.6 is 23.2 Å². The number of nitrogens with one attached hydrogen (secondary N) is 1. The molecule has 10 heteroatoms. The molecule has 2 aromatic carbocycles. The molecule has 1 aliphatic carbocycles. The van der Waals surface area contributed by atoms with Crippen molar-refractivity contribution < 1.29 is 18.0 Å². The lowest BCUT2D eigenvalue weighted by Crippen LogP contribution is -2.49. The predicted molar refractivity (Wildman–Crippen MR) is 149 cm³/mol. The van der Waals surface area contributed by atoms with E-state index < -0.39 is 16.1 Å². The highest BCUT2D eigenvalue weighted by atomic mass is 35.5. The summed E-state index contributed by atoms with van der Waals surface area (Å²) < 4.78 is 26.2. The van der Waals surface area contributed by atoms with Crippen LogP contribution in [-0.2, 0) is 26.2 Å². The molecule has 0 bridgehead atoms. The third-order valence-corrected chi connectivity index (χ3v) is 8.61. The van der Waals surface area contributed by atoms with Gasteiger partial charge in [0.2, 0.25) is 21.8 Å². The minimum atomic E-state index is -3.53. The van der Waals surface area contributed by atoms with Crippen LogP contribution < -0.4 is 9.62 Å². The fourth-order valence-corrected chi connectivity index (χ4v) is 5.81. The minimum absolute atomic E-state index is 0.0836. The van der Waals surface area contributed by atoms with Crippen LogP contribution in [0.1, 0.15) is 56.6 Å². The summed E-state index contributed by atoms with van der Waals surface area (Å²) >= 11 is 12.2. The molecular formula is C27H35Cl2N3O4S. The van der Waals surface area contributed by atoms with Crippen molar-refractivity contribution >= 4 is 50.7 Å². The zero-order valence-electron chi connectivity index (χ0n) is 21.5. The van der Waals surface area contributed by atoms with Crippen LogP contribution in [0.4, 0.5) is 5.69 Å². The molecule has 1 fully saturated rings. The summed E-state index contributed by atoms with van der Waals surface area (Å²) in [6, 6.07) is 11.8. The lowest BCUT2D eigenvalue weighted by atomic mass is 10.1. The molecule has 2 amide bonds. The number of halogens is 2. The van der Waals surface area contributed by atoms with Crippen LogP contribution in [-0.4, -0.2) is 50.0 Å². The maximum absolute atomic E-state index is 13.4. The standard InChI is InChI=1S/C27H35Cl2N3O4S/c1-19-10-13-23(14-11-19)32(37(3,35)36)16-6-9-26(33)31(18-21-12-15-24(28)25(29)17-21)20(2)27(34)30-22-7-4-5-8-22/h10-15,17,20,22H,4-9,16,18H2,1-3H3,(H,30,34)/t20-/m1/s1. The molecule has 0 spiro atoms. The summed E-state index contributed by atoms with van der Waals surface area (Å²) in [6.45, 7) is 3.98. The molecule has 37 heavy (non-hydrogen) atoms. The molecule has 1 atom stereocenters. The van der Waals surface area contributed by atoms with Crippen molar-refractivity contribution in [3.63, 3.8) is 0 Å². The molecule has 1 saturated carbocycles. The van der Waals surface area contributed by atoms with Gasteiger partial charge in [0.25, 0.3) is 0 Å². The van der Waals surface area contributed by atoms with Crippen LogP contribution in [0.2, 0.25) is 10.0 Å². The molecule has 0 aromatic heterocycles. The number of hydrogen-bond acceptors (Lipinski definition) is 4. The van der Waals surface area contributed by atoms with Gasteiger partial charge in [-0.05, 0) is 62.9 Å². The predicted octanol–water partition coefficient (Wildman–Crippen LogP) is 5.32. The normalized spacial score (nSPS) is 14.8. The number of carbonyl (C=O) groups excluding carboxylic acids is 2. The topological polar surface area (TPSA) is 86.8 Å². The van der Waals surface area contributed by atoms with E-state index in [-0.39, 0.29) is 37.4 Å². The highest BCUT2D eigenvalue weighted by Crippen LogP contribution is 2.25. The number of rotatable bonds is 11. The largest absolute Gasteiger partial charge is 0.352 e. The van der Waals surface area contributed by atoms with E-state index in [1.165, 1.54) is 9.21 Å². The molecule has 0 heterocycles. The first-order valence-electron chi connectivity index (χ1n) is 12.5. The second kappa shape index (κ2) is 13.0. The lowest BCUT2D eigenvalue weighted by molar-refractivity contribution is -0.141. The van der Waals surface area contributed by atoms with E-state index in [9.17, 15) is 18.0 Å². The number of hydrogen-bond donors (Lipinski definition) is 1. The second-order valence-electron chi connectivity index (χ2n) is 9.71. The molecule has 0 saturated heterocycles.